The first kappa shape index (κ1) is 15.4. The molecule has 0 amide bonds. The summed E-state index contributed by atoms with van der Waals surface area (Å²) >= 11 is 5.95. The van der Waals surface area contributed by atoms with E-state index in [-0.39, 0.29) is 6.04 Å². The third-order valence-corrected chi connectivity index (χ3v) is 6.41. The van der Waals surface area contributed by atoms with Gasteiger partial charge in [0.1, 0.15) is 0 Å². The minimum absolute atomic E-state index is 0.286. The highest BCUT2D eigenvalue weighted by Crippen LogP contribution is 2.46. The fourth-order valence-electron chi connectivity index (χ4n) is 4.90. The van der Waals surface area contributed by atoms with Gasteiger partial charge in [-0.15, -0.1) is 0 Å². The maximum atomic E-state index is 11.0. The number of oxime groups is 1. The van der Waals surface area contributed by atoms with Crippen molar-refractivity contribution in [2.75, 3.05) is 13.1 Å². The van der Waals surface area contributed by atoms with Crippen molar-refractivity contribution < 1.29 is 10.3 Å². The van der Waals surface area contributed by atoms with Gasteiger partial charge in [0.15, 0.2) is 0 Å². The second-order valence-corrected chi connectivity index (χ2v) is 7.75. The van der Waals surface area contributed by atoms with Gasteiger partial charge < -0.3 is 10.3 Å². The number of halogens is 1. The molecule has 2 saturated carbocycles. The molecule has 4 rings (SSSR count). The van der Waals surface area contributed by atoms with E-state index in [2.05, 4.69) is 10.1 Å². The molecule has 124 valence electrons. The third kappa shape index (κ3) is 2.57. The number of fused-ring (bicyclic) bond motifs is 2. The Hall–Kier alpha value is -1.10. The monoisotopic (exact) mass is 334 g/mol. The van der Waals surface area contributed by atoms with Crippen molar-refractivity contribution >= 4 is 17.3 Å². The first-order valence-electron chi connectivity index (χ1n) is 8.55. The van der Waals surface area contributed by atoms with Crippen molar-refractivity contribution in [3.05, 3.63) is 34.9 Å². The summed E-state index contributed by atoms with van der Waals surface area (Å²) in [4.78, 5) is 2.42. The van der Waals surface area contributed by atoms with Crippen LogP contribution >= 0.6 is 11.6 Å². The molecule has 2 bridgehead atoms. The van der Waals surface area contributed by atoms with Gasteiger partial charge in [-0.25, -0.2) is 0 Å². The molecule has 1 aliphatic heterocycles. The number of piperidine rings is 1. The van der Waals surface area contributed by atoms with Crippen molar-refractivity contribution in [3.8, 4) is 0 Å². The van der Waals surface area contributed by atoms with Crippen LogP contribution in [-0.4, -0.2) is 40.1 Å². The van der Waals surface area contributed by atoms with Gasteiger partial charge in [0.05, 0.1) is 17.4 Å². The summed E-state index contributed by atoms with van der Waals surface area (Å²) in [5.41, 5.74) is 1.17. The maximum Gasteiger partial charge on any atom is 0.0920 e. The van der Waals surface area contributed by atoms with E-state index < -0.39 is 5.60 Å². The number of nitrogens with zero attached hydrogens (tertiary/aromatic N) is 2. The SMILES string of the molecule is ON=C1C2CCC(C2)C1N1CCC(O)(c2ccc(Cl)cc2)CC1. The van der Waals surface area contributed by atoms with Gasteiger partial charge in [-0.1, -0.05) is 28.9 Å². The average molecular weight is 335 g/mol. The first-order valence-corrected chi connectivity index (χ1v) is 8.93. The quantitative estimate of drug-likeness (QED) is 0.645. The summed E-state index contributed by atoms with van der Waals surface area (Å²) in [6, 6.07) is 7.82. The minimum atomic E-state index is -0.769. The van der Waals surface area contributed by atoms with Crippen LogP contribution < -0.4 is 0 Å². The van der Waals surface area contributed by atoms with Gasteiger partial charge >= 0.3 is 0 Å². The van der Waals surface area contributed by atoms with E-state index in [1.807, 2.05) is 24.3 Å². The zero-order valence-corrected chi connectivity index (χ0v) is 13.9. The predicted octanol–water partition coefficient (Wildman–Crippen LogP) is 3.25. The van der Waals surface area contributed by atoms with E-state index in [4.69, 9.17) is 11.6 Å². The van der Waals surface area contributed by atoms with Crippen molar-refractivity contribution in [2.24, 2.45) is 17.0 Å². The zero-order chi connectivity index (χ0) is 16.0. The molecule has 0 aromatic heterocycles. The Bertz CT molecular complexity index is 608. The van der Waals surface area contributed by atoms with Crippen molar-refractivity contribution in [1.29, 1.82) is 0 Å². The number of likely N-dealkylation sites (tertiary alicyclic amines) is 1. The summed E-state index contributed by atoms with van der Waals surface area (Å²) in [5, 5.41) is 24.7. The van der Waals surface area contributed by atoms with Crippen LogP contribution in [0.5, 0.6) is 0 Å². The highest BCUT2D eigenvalue weighted by atomic mass is 35.5. The van der Waals surface area contributed by atoms with Crippen LogP contribution in [0.1, 0.15) is 37.7 Å². The molecule has 23 heavy (non-hydrogen) atoms. The van der Waals surface area contributed by atoms with Crippen LogP contribution in [-0.2, 0) is 5.60 Å². The van der Waals surface area contributed by atoms with E-state index in [9.17, 15) is 10.3 Å². The second kappa shape index (κ2) is 5.76. The molecular formula is C18H23ClN2O2. The Kier molecular flexibility index (Phi) is 3.87. The Morgan fingerprint density at radius 3 is 2.48 bits per heavy atom. The van der Waals surface area contributed by atoms with E-state index in [1.54, 1.807) is 0 Å². The molecule has 3 unspecified atom stereocenters. The summed E-state index contributed by atoms with van der Waals surface area (Å²) in [6.45, 7) is 1.68. The fraction of sp³-hybridized carbons (Fsp3) is 0.611. The largest absolute Gasteiger partial charge is 0.411 e. The number of rotatable bonds is 2. The third-order valence-electron chi connectivity index (χ3n) is 6.16. The fourth-order valence-corrected chi connectivity index (χ4v) is 5.03. The van der Waals surface area contributed by atoms with Gasteiger partial charge in [-0.3, -0.25) is 4.90 Å². The molecule has 1 aromatic rings. The molecule has 5 heteroatoms. The smallest absolute Gasteiger partial charge is 0.0920 e. The van der Waals surface area contributed by atoms with Crippen LogP contribution in [0.4, 0.5) is 0 Å². The molecule has 1 aromatic carbocycles. The van der Waals surface area contributed by atoms with E-state index in [1.165, 1.54) is 19.3 Å². The van der Waals surface area contributed by atoms with Crippen LogP contribution in [0, 0.1) is 11.8 Å². The first-order chi connectivity index (χ1) is 11.1. The summed E-state index contributed by atoms with van der Waals surface area (Å²) in [5.74, 6) is 1.11. The van der Waals surface area contributed by atoms with Crippen LogP contribution in [0.25, 0.3) is 0 Å². The highest BCUT2D eigenvalue weighted by Gasteiger charge is 2.49. The van der Waals surface area contributed by atoms with Gasteiger partial charge in [0.25, 0.3) is 0 Å². The van der Waals surface area contributed by atoms with Crippen molar-refractivity contribution in [1.82, 2.24) is 4.90 Å². The average Bonchev–Trinajstić information content (AvgIpc) is 3.17. The minimum Gasteiger partial charge on any atom is -0.411 e. The van der Waals surface area contributed by atoms with E-state index >= 15 is 0 Å². The Morgan fingerprint density at radius 1 is 1.13 bits per heavy atom. The van der Waals surface area contributed by atoms with Crippen molar-refractivity contribution in [2.45, 2.75) is 43.7 Å². The molecule has 3 fully saturated rings. The predicted molar refractivity (Wildman–Crippen MR) is 90.0 cm³/mol. The molecule has 0 spiro atoms. The second-order valence-electron chi connectivity index (χ2n) is 7.31. The number of aliphatic hydroxyl groups is 1. The lowest BCUT2D eigenvalue weighted by Gasteiger charge is -2.43. The zero-order valence-electron chi connectivity index (χ0n) is 13.2. The van der Waals surface area contributed by atoms with E-state index in [0.29, 0.717) is 29.7 Å². The van der Waals surface area contributed by atoms with Crippen molar-refractivity contribution in [3.63, 3.8) is 0 Å². The lowest BCUT2D eigenvalue weighted by Crippen LogP contribution is -2.51. The maximum absolute atomic E-state index is 11.0. The normalized spacial score (nSPS) is 35.0. The van der Waals surface area contributed by atoms with Crippen LogP contribution in [0.15, 0.2) is 29.4 Å². The van der Waals surface area contributed by atoms with E-state index in [0.717, 1.165) is 24.4 Å². The molecule has 2 aliphatic carbocycles. The molecule has 3 aliphatic rings. The van der Waals surface area contributed by atoms with Gasteiger partial charge in [0.2, 0.25) is 0 Å². The van der Waals surface area contributed by atoms with Gasteiger partial charge in [0, 0.05) is 24.0 Å². The lowest BCUT2D eigenvalue weighted by molar-refractivity contribution is -0.0338. The Balaban J connectivity index is 1.48. The Morgan fingerprint density at radius 2 is 1.83 bits per heavy atom. The highest BCUT2D eigenvalue weighted by molar-refractivity contribution is 6.30. The summed E-state index contributed by atoms with van der Waals surface area (Å²) in [6.07, 6.45) is 5.00. The van der Waals surface area contributed by atoms with Gasteiger partial charge in [-0.05, 0) is 55.7 Å². The Labute approximate surface area is 141 Å². The molecule has 1 saturated heterocycles. The van der Waals surface area contributed by atoms with Crippen LogP contribution in [0.2, 0.25) is 5.02 Å². The number of hydrogen-bond acceptors (Lipinski definition) is 4. The molecule has 1 heterocycles. The molecular weight excluding hydrogens is 312 g/mol. The topological polar surface area (TPSA) is 56.1 Å². The summed E-state index contributed by atoms with van der Waals surface area (Å²) in [7, 11) is 0. The van der Waals surface area contributed by atoms with Crippen LogP contribution in [0.3, 0.4) is 0 Å². The standard InChI is InChI=1S/C18H23ClN2O2/c19-15-5-3-14(4-6-15)18(22)7-9-21(10-8-18)17-13-2-1-12(11-13)16(17)20-23/h3-6,12-13,17,22-23H,1-2,7-11H2. The molecule has 4 nitrogen and oxygen atoms in total. The molecule has 0 radical (unpaired) electrons. The summed E-state index contributed by atoms with van der Waals surface area (Å²) < 4.78 is 0. The number of benzene rings is 1. The molecule has 2 N–H and O–H groups in total. The number of hydrogen-bond donors (Lipinski definition) is 2. The molecule has 3 atom stereocenters. The van der Waals surface area contributed by atoms with Gasteiger partial charge in [-0.2, -0.15) is 0 Å². The lowest BCUT2D eigenvalue weighted by atomic mass is 9.82.